The molecule has 0 unspecified atom stereocenters. The molecule has 24 heavy (non-hydrogen) atoms. The van der Waals surface area contributed by atoms with E-state index < -0.39 is 0 Å². The van der Waals surface area contributed by atoms with Crippen molar-refractivity contribution < 1.29 is 9.18 Å². The number of amides is 1. The average molecular weight is 392 g/mol. The Bertz CT molecular complexity index is 662. The van der Waals surface area contributed by atoms with Crippen LogP contribution in [0.25, 0.3) is 10.6 Å². The monoisotopic (exact) mass is 391 g/mol. The molecule has 0 saturated carbocycles. The summed E-state index contributed by atoms with van der Waals surface area (Å²) in [6.45, 7) is 1.85. The Morgan fingerprint density at radius 3 is 2.96 bits per heavy atom. The molecule has 0 aliphatic carbocycles. The lowest BCUT2D eigenvalue weighted by molar-refractivity contribution is -0.121. The van der Waals surface area contributed by atoms with E-state index in [-0.39, 0.29) is 49.0 Å². The Morgan fingerprint density at radius 1 is 1.42 bits per heavy atom. The first-order valence-electron chi connectivity index (χ1n) is 7.41. The second-order valence-electron chi connectivity index (χ2n) is 5.44. The highest BCUT2D eigenvalue weighted by Gasteiger charge is 2.16. The number of carbonyl (C=O) groups excluding carboxylic acids is 1. The summed E-state index contributed by atoms with van der Waals surface area (Å²) in [6.07, 6.45) is 2.37. The normalized spacial score (nSPS) is 16.6. The molecule has 3 rings (SSSR count). The molecule has 1 fully saturated rings. The highest BCUT2D eigenvalue weighted by atomic mass is 35.5. The van der Waals surface area contributed by atoms with Crippen molar-refractivity contribution in [3.05, 3.63) is 41.2 Å². The van der Waals surface area contributed by atoms with Crippen LogP contribution in [0.5, 0.6) is 0 Å². The Balaban J connectivity index is 0.00000144. The number of hydrogen-bond donors (Lipinski definition) is 2. The van der Waals surface area contributed by atoms with Crippen LogP contribution >= 0.6 is 36.2 Å². The maximum Gasteiger partial charge on any atom is 0.226 e. The number of piperidine rings is 1. The lowest BCUT2D eigenvalue weighted by Gasteiger charge is -2.23. The summed E-state index contributed by atoms with van der Waals surface area (Å²) in [6, 6.07) is 6.55. The topological polar surface area (TPSA) is 54.0 Å². The van der Waals surface area contributed by atoms with E-state index in [1.807, 2.05) is 11.4 Å². The van der Waals surface area contributed by atoms with Crippen LogP contribution in [0, 0.1) is 5.82 Å². The minimum absolute atomic E-state index is 0. The Labute approximate surface area is 157 Å². The lowest BCUT2D eigenvalue weighted by atomic mass is 10.1. The van der Waals surface area contributed by atoms with Gasteiger partial charge in [0, 0.05) is 23.5 Å². The van der Waals surface area contributed by atoms with Crippen LogP contribution in [0.4, 0.5) is 4.39 Å². The first kappa shape index (κ1) is 20.8. The molecule has 1 amide bonds. The molecule has 0 radical (unpaired) electrons. The SMILES string of the molecule is Cl.Cl.O=C(Cc1csc(-c2cccc(F)c2)n1)N[C@H]1CCCNC1. The number of thiazole rings is 1. The van der Waals surface area contributed by atoms with Crippen molar-refractivity contribution >= 4 is 42.1 Å². The molecule has 132 valence electrons. The number of benzene rings is 1. The number of rotatable bonds is 4. The second-order valence-corrected chi connectivity index (χ2v) is 6.30. The molecule has 2 aromatic rings. The molecule has 0 bridgehead atoms. The first-order valence-corrected chi connectivity index (χ1v) is 8.29. The quantitative estimate of drug-likeness (QED) is 0.840. The van der Waals surface area contributed by atoms with Gasteiger partial charge in [-0.15, -0.1) is 36.2 Å². The summed E-state index contributed by atoms with van der Waals surface area (Å²) in [5, 5.41) is 8.90. The lowest BCUT2D eigenvalue weighted by Crippen LogP contribution is -2.46. The third-order valence-electron chi connectivity index (χ3n) is 3.63. The Morgan fingerprint density at radius 2 is 2.25 bits per heavy atom. The molecule has 1 aliphatic heterocycles. The third kappa shape index (κ3) is 5.70. The number of halogens is 3. The van der Waals surface area contributed by atoms with E-state index in [2.05, 4.69) is 15.6 Å². The van der Waals surface area contributed by atoms with Gasteiger partial charge in [-0.2, -0.15) is 0 Å². The zero-order valence-electron chi connectivity index (χ0n) is 13.0. The van der Waals surface area contributed by atoms with Crippen molar-refractivity contribution in [2.45, 2.75) is 25.3 Å². The molecular formula is C16H20Cl2FN3OS. The van der Waals surface area contributed by atoms with Gasteiger partial charge in [0.25, 0.3) is 0 Å². The maximum atomic E-state index is 13.2. The van der Waals surface area contributed by atoms with E-state index in [4.69, 9.17) is 0 Å². The number of hydrogen-bond acceptors (Lipinski definition) is 4. The fraction of sp³-hybridized carbons (Fsp3) is 0.375. The van der Waals surface area contributed by atoms with Gasteiger partial charge in [0.15, 0.2) is 0 Å². The van der Waals surface area contributed by atoms with Gasteiger partial charge < -0.3 is 10.6 Å². The van der Waals surface area contributed by atoms with Gasteiger partial charge in [0.1, 0.15) is 10.8 Å². The van der Waals surface area contributed by atoms with E-state index in [0.717, 1.165) is 42.2 Å². The molecule has 1 atom stereocenters. The van der Waals surface area contributed by atoms with Gasteiger partial charge >= 0.3 is 0 Å². The van der Waals surface area contributed by atoms with Gasteiger partial charge in [-0.05, 0) is 31.5 Å². The van der Waals surface area contributed by atoms with Crippen LogP contribution in [-0.4, -0.2) is 30.0 Å². The average Bonchev–Trinajstić information content (AvgIpc) is 2.96. The first-order chi connectivity index (χ1) is 10.7. The Hall–Kier alpha value is -1.21. The van der Waals surface area contributed by atoms with Crippen molar-refractivity contribution in [2.24, 2.45) is 0 Å². The van der Waals surface area contributed by atoms with E-state index in [0.29, 0.717) is 0 Å². The predicted molar refractivity (Wildman–Crippen MR) is 99.7 cm³/mol. The summed E-state index contributed by atoms with van der Waals surface area (Å²) in [4.78, 5) is 16.5. The summed E-state index contributed by atoms with van der Waals surface area (Å²) in [5.74, 6) is -0.290. The molecule has 1 aromatic heterocycles. The zero-order valence-corrected chi connectivity index (χ0v) is 15.4. The van der Waals surface area contributed by atoms with Gasteiger partial charge in [0.2, 0.25) is 5.91 Å². The van der Waals surface area contributed by atoms with Gasteiger partial charge in [-0.25, -0.2) is 9.37 Å². The van der Waals surface area contributed by atoms with Crippen molar-refractivity contribution in [1.82, 2.24) is 15.6 Å². The summed E-state index contributed by atoms with van der Waals surface area (Å²) in [7, 11) is 0. The van der Waals surface area contributed by atoms with Crippen molar-refractivity contribution in [1.29, 1.82) is 0 Å². The molecular weight excluding hydrogens is 372 g/mol. The van der Waals surface area contributed by atoms with E-state index >= 15 is 0 Å². The molecule has 8 heteroatoms. The van der Waals surface area contributed by atoms with Crippen LogP contribution in [0.15, 0.2) is 29.6 Å². The van der Waals surface area contributed by atoms with E-state index in [9.17, 15) is 9.18 Å². The molecule has 1 aromatic carbocycles. The second kappa shape index (κ2) is 9.93. The van der Waals surface area contributed by atoms with Crippen molar-refractivity contribution in [3.63, 3.8) is 0 Å². The largest absolute Gasteiger partial charge is 0.352 e. The van der Waals surface area contributed by atoms with Crippen LogP contribution < -0.4 is 10.6 Å². The van der Waals surface area contributed by atoms with Crippen LogP contribution in [0.2, 0.25) is 0 Å². The van der Waals surface area contributed by atoms with Crippen molar-refractivity contribution in [2.75, 3.05) is 13.1 Å². The van der Waals surface area contributed by atoms with Crippen LogP contribution in [-0.2, 0) is 11.2 Å². The summed E-state index contributed by atoms with van der Waals surface area (Å²) < 4.78 is 13.2. The Kier molecular flexibility index (Phi) is 8.62. The molecule has 1 saturated heterocycles. The van der Waals surface area contributed by atoms with Crippen molar-refractivity contribution in [3.8, 4) is 10.6 Å². The minimum atomic E-state index is -0.281. The van der Waals surface area contributed by atoms with E-state index in [1.165, 1.54) is 23.5 Å². The van der Waals surface area contributed by atoms with Crippen LogP contribution in [0.1, 0.15) is 18.5 Å². The molecule has 2 heterocycles. The smallest absolute Gasteiger partial charge is 0.226 e. The van der Waals surface area contributed by atoms with Gasteiger partial charge in [-0.3, -0.25) is 4.79 Å². The van der Waals surface area contributed by atoms with Crippen LogP contribution in [0.3, 0.4) is 0 Å². The minimum Gasteiger partial charge on any atom is -0.352 e. The number of aromatic nitrogens is 1. The maximum absolute atomic E-state index is 13.2. The number of nitrogens with zero attached hydrogens (tertiary/aromatic N) is 1. The molecule has 0 spiro atoms. The zero-order chi connectivity index (χ0) is 15.4. The van der Waals surface area contributed by atoms with Gasteiger partial charge in [0.05, 0.1) is 12.1 Å². The molecule has 2 N–H and O–H groups in total. The highest BCUT2D eigenvalue weighted by Crippen LogP contribution is 2.24. The summed E-state index contributed by atoms with van der Waals surface area (Å²) >= 11 is 1.43. The summed E-state index contributed by atoms with van der Waals surface area (Å²) in [5.41, 5.74) is 1.47. The molecule has 1 aliphatic rings. The number of nitrogens with one attached hydrogen (secondary N) is 2. The fourth-order valence-electron chi connectivity index (χ4n) is 2.56. The number of carbonyl (C=O) groups is 1. The van der Waals surface area contributed by atoms with E-state index in [1.54, 1.807) is 6.07 Å². The molecule has 4 nitrogen and oxygen atoms in total. The fourth-order valence-corrected chi connectivity index (χ4v) is 3.38. The highest BCUT2D eigenvalue weighted by molar-refractivity contribution is 7.13. The van der Waals surface area contributed by atoms with Gasteiger partial charge in [-0.1, -0.05) is 12.1 Å². The predicted octanol–water partition coefficient (Wildman–Crippen LogP) is 3.20. The third-order valence-corrected chi connectivity index (χ3v) is 4.57. The standard InChI is InChI=1S/C16H18FN3OS.2ClH/c17-12-4-1-3-11(7-12)16-20-14(10-22-16)8-15(21)19-13-5-2-6-18-9-13;;/h1,3-4,7,10,13,18H,2,5-6,8-9H2,(H,19,21);2*1H/t13-;;/m0../s1.